The average molecular weight is 497 g/mol. The molecule has 0 saturated carbocycles. The third-order valence-electron chi connectivity index (χ3n) is 4.62. The summed E-state index contributed by atoms with van der Waals surface area (Å²) in [5.41, 5.74) is -0.357. The van der Waals surface area contributed by atoms with E-state index in [1.807, 2.05) is 0 Å². The van der Waals surface area contributed by atoms with Crippen LogP contribution >= 0.6 is 11.8 Å². The van der Waals surface area contributed by atoms with Gasteiger partial charge in [0.15, 0.2) is 5.16 Å². The summed E-state index contributed by atoms with van der Waals surface area (Å²) < 4.78 is 15.1. The summed E-state index contributed by atoms with van der Waals surface area (Å²) in [5.74, 6) is -0.666. The number of nitrogens with one attached hydrogen (secondary N) is 3. The number of hydrogen-bond donors (Lipinski definition) is 3. The number of thioether (sulfide) groups is 1. The predicted molar refractivity (Wildman–Crippen MR) is 124 cm³/mol. The Hall–Kier alpha value is -4.59. The Morgan fingerprint density at radius 3 is 2.60 bits per heavy atom. The number of non-ortho nitro benzene ring substituents is 1. The Labute approximate surface area is 199 Å². The molecule has 0 atom stereocenters. The van der Waals surface area contributed by atoms with Crippen LogP contribution in [0.3, 0.4) is 0 Å². The van der Waals surface area contributed by atoms with Crippen molar-refractivity contribution in [2.24, 2.45) is 0 Å². The number of anilines is 1. The van der Waals surface area contributed by atoms with Crippen molar-refractivity contribution in [3.05, 3.63) is 103 Å². The smallest absolute Gasteiger partial charge is 0.325 e. The number of nitrogens with zero attached hydrogens (tertiary/aromatic N) is 4. The molecular formula is C21H16FN7O5S. The third kappa shape index (κ3) is 5.86. The van der Waals surface area contributed by atoms with E-state index in [0.29, 0.717) is 16.7 Å². The van der Waals surface area contributed by atoms with Gasteiger partial charge in [-0.3, -0.25) is 29.3 Å². The lowest BCUT2D eigenvalue weighted by Gasteiger charge is -2.10. The van der Waals surface area contributed by atoms with Crippen LogP contribution in [0.4, 0.5) is 15.8 Å². The first-order valence-corrected chi connectivity index (χ1v) is 11.0. The number of amides is 1. The van der Waals surface area contributed by atoms with Crippen LogP contribution in [0.25, 0.3) is 5.69 Å². The largest absolute Gasteiger partial charge is 0.325 e. The third-order valence-corrected chi connectivity index (χ3v) is 5.55. The monoisotopic (exact) mass is 497 g/mol. The van der Waals surface area contributed by atoms with Crippen LogP contribution < -0.4 is 16.6 Å². The Kier molecular flexibility index (Phi) is 6.82. The molecule has 0 bridgehead atoms. The van der Waals surface area contributed by atoms with Gasteiger partial charge in [0, 0.05) is 41.7 Å². The summed E-state index contributed by atoms with van der Waals surface area (Å²) in [6.45, 7) is 0. The molecule has 0 aliphatic rings. The summed E-state index contributed by atoms with van der Waals surface area (Å²) in [6, 6.07) is 12.2. The Balaban J connectivity index is 1.57. The van der Waals surface area contributed by atoms with Crippen LogP contribution in [0.2, 0.25) is 0 Å². The molecule has 178 valence electrons. The van der Waals surface area contributed by atoms with Gasteiger partial charge in [-0.05, 0) is 30.3 Å². The van der Waals surface area contributed by atoms with Crippen LogP contribution in [-0.4, -0.2) is 41.3 Å². The van der Waals surface area contributed by atoms with Crippen molar-refractivity contribution in [3.8, 4) is 5.69 Å². The van der Waals surface area contributed by atoms with Crippen molar-refractivity contribution in [1.29, 1.82) is 0 Å². The molecule has 0 unspecified atom stereocenters. The van der Waals surface area contributed by atoms with Crippen molar-refractivity contribution < 1.29 is 14.1 Å². The number of halogens is 1. The number of nitro groups is 1. The van der Waals surface area contributed by atoms with Crippen molar-refractivity contribution in [2.75, 3.05) is 11.1 Å². The fourth-order valence-corrected chi connectivity index (χ4v) is 3.94. The van der Waals surface area contributed by atoms with Crippen molar-refractivity contribution in [3.63, 3.8) is 0 Å². The lowest BCUT2D eigenvalue weighted by Crippen LogP contribution is -2.23. The van der Waals surface area contributed by atoms with Gasteiger partial charge in [-0.25, -0.2) is 9.18 Å². The van der Waals surface area contributed by atoms with E-state index in [2.05, 4.69) is 25.5 Å². The first-order chi connectivity index (χ1) is 16.8. The summed E-state index contributed by atoms with van der Waals surface area (Å²) in [7, 11) is 0. The first kappa shape index (κ1) is 23.6. The number of hydrogen-bond acceptors (Lipinski definition) is 8. The van der Waals surface area contributed by atoms with Gasteiger partial charge >= 0.3 is 5.69 Å². The van der Waals surface area contributed by atoms with Crippen molar-refractivity contribution in [2.45, 2.75) is 11.6 Å². The normalized spacial score (nSPS) is 10.8. The average Bonchev–Trinajstić information content (AvgIpc) is 3.20. The highest BCUT2D eigenvalue weighted by Crippen LogP contribution is 2.24. The minimum atomic E-state index is -0.673. The standard InChI is InChI=1S/C21H16FN7O5S/c22-12-4-6-15(7-5-12)28-17(9-14-10-18(30)25-20(32)24-14)26-27-21(28)35-11-19(31)23-13-2-1-3-16(8-13)29(33)34/h1-8,10H,9,11H2,(H,23,31)(H2,24,25,30,32). The van der Waals surface area contributed by atoms with E-state index in [4.69, 9.17) is 0 Å². The molecule has 3 N–H and O–H groups in total. The van der Waals surface area contributed by atoms with Gasteiger partial charge in [-0.15, -0.1) is 10.2 Å². The van der Waals surface area contributed by atoms with E-state index in [1.165, 1.54) is 54.6 Å². The SMILES string of the molecule is O=C(CSc1nnc(Cc2cc(=O)[nH]c(=O)[nH]2)n1-c1ccc(F)cc1)Nc1cccc([N+](=O)[O-])c1. The molecule has 2 aromatic carbocycles. The number of aromatic amines is 2. The minimum Gasteiger partial charge on any atom is -0.325 e. The highest BCUT2D eigenvalue weighted by atomic mass is 32.2. The van der Waals surface area contributed by atoms with Crippen LogP contribution in [0.1, 0.15) is 11.5 Å². The van der Waals surface area contributed by atoms with Gasteiger partial charge in [0.1, 0.15) is 11.6 Å². The molecule has 35 heavy (non-hydrogen) atoms. The molecule has 2 aromatic heterocycles. The predicted octanol–water partition coefficient (Wildman–Crippen LogP) is 2.01. The molecule has 4 rings (SSSR count). The summed E-state index contributed by atoms with van der Waals surface area (Å²) >= 11 is 1.03. The van der Waals surface area contributed by atoms with Gasteiger partial charge in [-0.1, -0.05) is 17.8 Å². The Bertz CT molecular complexity index is 1490. The fraction of sp³-hybridized carbons (Fsp3) is 0.0952. The maximum Gasteiger partial charge on any atom is 0.325 e. The molecule has 4 aromatic rings. The molecule has 14 heteroatoms. The lowest BCUT2D eigenvalue weighted by molar-refractivity contribution is -0.384. The summed E-state index contributed by atoms with van der Waals surface area (Å²) in [4.78, 5) is 50.6. The first-order valence-electron chi connectivity index (χ1n) is 9.98. The molecule has 0 aliphatic heterocycles. The van der Waals surface area contributed by atoms with Crippen LogP contribution in [0.15, 0.2) is 69.3 Å². The molecule has 1 amide bonds. The molecule has 0 spiro atoms. The lowest BCUT2D eigenvalue weighted by atomic mass is 10.2. The number of nitro benzene ring substituents is 1. The topological polar surface area (TPSA) is 169 Å². The number of carbonyl (C=O) groups excluding carboxylic acids is 1. The van der Waals surface area contributed by atoms with Gasteiger partial charge in [0.2, 0.25) is 5.91 Å². The minimum absolute atomic E-state index is 0.0317. The molecular weight excluding hydrogens is 481 g/mol. The zero-order chi connectivity index (χ0) is 24.9. The zero-order valence-electron chi connectivity index (χ0n) is 17.7. The highest BCUT2D eigenvalue weighted by molar-refractivity contribution is 7.99. The quantitative estimate of drug-likeness (QED) is 0.189. The van der Waals surface area contributed by atoms with Gasteiger partial charge in [0.25, 0.3) is 11.2 Å². The maximum absolute atomic E-state index is 13.5. The Morgan fingerprint density at radius 1 is 1.11 bits per heavy atom. The van der Waals surface area contributed by atoms with Crippen LogP contribution in [0, 0.1) is 15.9 Å². The number of carbonyl (C=O) groups is 1. The fourth-order valence-electron chi connectivity index (χ4n) is 3.17. The molecule has 0 aliphatic carbocycles. The zero-order valence-corrected chi connectivity index (χ0v) is 18.5. The van der Waals surface area contributed by atoms with Gasteiger partial charge in [-0.2, -0.15) is 0 Å². The second-order valence-electron chi connectivity index (χ2n) is 7.14. The second kappa shape index (κ2) is 10.1. The molecule has 0 radical (unpaired) electrons. The summed E-state index contributed by atoms with van der Waals surface area (Å²) in [6.07, 6.45) is 0.0317. The van der Waals surface area contributed by atoms with E-state index >= 15 is 0 Å². The van der Waals surface area contributed by atoms with Crippen LogP contribution in [0.5, 0.6) is 0 Å². The van der Waals surface area contributed by atoms with Crippen molar-refractivity contribution >= 4 is 29.0 Å². The molecule has 2 heterocycles. The van der Waals surface area contributed by atoms with Crippen molar-refractivity contribution in [1.82, 2.24) is 24.7 Å². The van der Waals surface area contributed by atoms with E-state index in [1.54, 1.807) is 4.57 Å². The molecule has 0 fully saturated rings. The van der Waals surface area contributed by atoms with Gasteiger partial charge in [0.05, 0.1) is 10.7 Å². The van der Waals surface area contributed by atoms with E-state index in [9.17, 15) is 28.9 Å². The van der Waals surface area contributed by atoms with Gasteiger partial charge < -0.3 is 10.3 Å². The van der Waals surface area contributed by atoms with E-state index < -0.39 is 27.9 Å². The number of benzene rings is 2. The highest BCUT2D eigenvalue weighted by Gasteiger charge is 2.17. The van der Waals surface area contributed by atoms with Crippen LogP contribution in [-0.2, 0) is 11.2 Å². The van der Waals surface area contributed by atoms with E-state index in [0.717, 1.165) is 11.8 Å². The molecule has 12 nitrogen and oxygen atoms in total. The summed E-state index contributed by atoms with van der Waals surface area (Å²) in [5, 5.41) is 22.0. The number of aromatic nitrogens is 5. The van der Waals surface area contributed by atoms with E-state index in [-0.39, 0.29) is 29.2 Å². The second-order valence-corrected chi connectivity index (χ2v) is 8.09. The number of H-pyrrole nitrogens is 2. The number of rotatable bonds is 8. The maximum atomic E-state index is 13.5. The molecule has 0 saturated heterocycles. The Morgan fingerprint density at radius 2 is 1.89 bits per heavy atom.